The fourth-order valence-corrected chi connectivity index (χ4v) is 4.36. The largest absolute Gasteiger partial charge is 0.328 e. The standard InChI is InChI=1S/C22H29N9/c1-3-17(11-28(2)24)19-8-20-25-6-7-30(20)21(27-19)18-9-26-31(12-18)22(13-23)14-29(15-22)10-16-4-5-16/h3,6-9,11-12,16H,1,4-5,10,13-15,23-24H2,2H3/b17-11+. The van der Waals surface area contributed by atoms with E-state index in [0.29, 0.717) is 6.54 Å². The minimum Gasteiger partial charge on any atom is -0.328 e. The molecule has 4 N–H and O–H groups in total. The SMILES string of the molecule is C=C/C(=C\N(C)N)c1cc2nccn2c(-c2cnn(C3(CN)CN(CC4CC4)C3)c2)n1. The first-order chi connectivity index (χ1) is 15.0. The topological polar surface area (TPSA) is 107 Å². The predicted octanol–water partition coefficient (Wildman–Crippen LogP) is 1.30. The summed E-state index contributed by atoms with van der Waals surface area (Å²) in [5.74, 6) is 7.46. The van der Waals surface area contributed by atoms with Crippen molar-refractivity contribution in [2.75, 3.05) is 33.2 Å². The van der Waals surface area contributed by atoms with E-state index in [1.807, 2.05) is 27.5 Å². The average Bonchev–Trinajstić information content (AvgIpc) is 3.21. The monoisotopic (exact) mass is 419 g/mol. The lowest BCUT2D eigenvalue weighted by atomic mass is 9.89. The summed E-state index contributed by atoms with van der Waals surface area (Å²) in [6, 6.07) is 1.92. The lowest BCUT2D eigenvalue weighted by Gasteiger charge is -2.49. The van der Waals surface area contributed by atoms with Crippen molar-refractivity contribution >= 4 is 11.2 Å². The second-order valence-electron chi connectivity index (χ2n) is 8.79. The van der Waals surface area contributed by atoms with Gasteiger partial charge in [-0.2, -0.15) is 5.10 Å². The number of nitrogens with zero attached hydrogens (tertiary/aromatic N) is 7. The zero-order valence-corrected chi connectivity index (χ0v) is 17.9. The molecule has 1 aliphatic carbocycles. The lowest BCUT2D eigenvalue weighted by Crippen LogP contribution is -2.66. The average molecular weight is 420 g/mol. The van der Waals surface area contributed by atoms with Crippen molar-refractivity contribution in [1.82, 2.24) is 34.1 Å². The number of hydrogen-bond donors (Lipinski definition) is 2. The number of hydrogen-bond acceptors (Lipinski definition) is 7. The number of aromatic nitrogens is 5. The van der Waals surface area contributed by atoms with Gasteiger partial charge in [-0.3, -0.25) is 14.0 Å². The Morgan fingerprint density at radius 1 is 1.39 bits per heavy atom. The van der Waals surface area contributed by atoms with Crippen molar-refractivity contribution < 1.29 is 0 Å². The first-order valence-electron chi connectivity index (χ1n) is 10.7. The molecule has 4 heterocycles. The summed E-state index contributed by atoms with van der Waals surface area (Å²) >= 11 is 0. The third-order valence-corrected chi connectivity index (χ3v) is 6.20. The molecule has 31 heavy (non-hydrogen) atoms. The van der Waals surface area contributed by atoms with Crippen molar-refractivity contribution in [2.45, 2.75) is 18.4 Å². The fraction of sp³-hybridized carbons (Fsp3) is 0.409. The number of allylic oxidation sites excluding steroid dienone is 2. The van der Waals surface area contributed by atoms with E-state index in [4.69, 9.17) is 21.7 Å². The number of nitrogens with two attached hydrogens (primary N) is 2. The molecule has 0 radical (unpaired) electrons. The van der Waals surface area contributed by atoms with Crippen LogP contribution in [-0.2, 0) is 5.54 Å². The van der Waals surface area contributed by atoms with Gasteiger partial charge in [0.25, 0.3) is 0 Å². The van der Waals surface area contributed by atoms with Gasteiger partial charge in [0.2, 0.25) is 0 Å². The van der Waals surface area contributed by atoms with E-state index in [9.17, 15) is 0 Å². The Bertz CT molecular complexity index is 1130. The molecule has 9 heteroatoms. The maximum Gasteiger partial charge on any atom is 0.149 e. The van der Waals surface area contributed by atoms with Crippen molar-refractivity contribution in [3.8, 4) is 11.4 Å². The van der Waals surface area contributed by atoms with Crippen LogP contribution in [0.1, 0.15) is 18.5 Å². The van der Waals surface area contributed by atoms with Gasteiger partial charge in [-0.25, -0.2) is 15.8 Å². The highest BCUT2D eigenvalue weighted by Gasteiger charge is 2.45. The molecule has 5 rings (SSSR count). The van der Waals surface area contributed by atoms with Gasteiger partial charge in [0.05, 0.1) is 17.5 Å². The van der Waals surface area contributed by atoms with Gasteiger partial charge >= 0.3 is 0 Å². The summed E-state index contributed by atoms with van der Waals surface area (Å²) in [4.78, 5) is 11.9. The van der Waals surface area contributed by atoms with Gasteiger partial charge in [-0.05, 0) is 18.8 Å². The third-order valence-electron chi connectivity index (χ3n) is 6.20. The fourth-order valence-electron chi connectivity index (χ4n) is 4.36. The van der Waals surface area contributed by atoms with Crippen LogP contribution in [0.3, 0.4) is 0 Å². The summed E-state index contributed by atoms with van der Waals surface area (Å²) in [6.45, 7) is 7.54. The van der Waals surface area contributed by atoms with Crippen LogP contribution in [0, 0.1) is 5.92 Å². The summed E-state index contributed by atoms with van der Waals surface area (Å²) in [6.07, 6.45) is 13.8. The minimum atomic E-state index is -0.146. The Morgan fingerprint density at radius 2 is 2.19 bits per heavy atom. The first kappa shape index (κ1) is 19.9. The molecule has 1 saturated carbocycles. The van der Waals surface area contributed by atoms with Crippen molar-refractivity contribution in [3.63, 3.8) is 0 Å². The van der Waals surface area contributed by atoms with E-state index < -0.39 is 0 Å². The third kappa shape index (κ3) is 3.65. The van der Waals surface area contributed by atoms with Crippen LogP contribution >= 0.6 is 0 Å². The molecule has 0 aromatic carbocycles. The van der Waals surface area contributed by atoms with E-state index in [1.165, 1.54) is 24.4 Å². The Morgan fingerprint density at radius 3 is 2.87 bits per heavy atom. The highest BCUT2D eigenvalue weighted by atomic mass is 15.4. The van der Waals surface area contributed by atoms with Crippen LogP contribution in [0.2, 0.25) is 0 Å². The molecule has 162 valence electrons. The molecule has 9 nitrogen and oxygen atoms in total. The number of imidazole rings is 1. The molecule has 0 amide bonds. The van der Waals surface area contributed by atoms with Crippen LogP contribution in [0.15, 0.2) is 49.7 Å². The maximum atomic E-state index is 6.21. The minimum absolute atomic E-state index is 0.146. The molecule has 1 saturated heterocycles. The van der Waals surface area contributed by atoms with Gasteiger partial charge in [-0.15, -0.1) is 0 Å². The molecular formula is C22H29N9. The smallest absolute Gasteiger partial charge is 0.149 e. The molecule has 3 aromatic rings. The van der Waals surface area contributed by atoms with Crippen LogP contribution in [0.5, 0.6) is 0 Å². The van der Waals surface area contributed by atoms with E-state index in [1.54, 1.807) is 25.5 Å². The lowest BCUT2D eigenvalue weighted by molar-refractivity contribution is 0.00561. The van der Waals surface area contributed by atoms with Crippen LogP contribution in [0.4, 0.5) is 0 Å². The zero-order valence-electron chi connectivity index (χ0n) is 17.9. The molecule has 0 atom stereocenters. The molecule has 3 aromatic heterocycles. The Balaban J connectivity index is 1.49. The predicted molar refractivity (Wildman–Crippen MR) is 121 cm³/mol. The summed E-state index contributed by atoms with van der Waals surface area (Å²) < 4.78 is 3.99. The highest BCUT2D eigenvalue weighted by Crippen LogP contribution is 2.36. The normalized spacial score (nSPS) is 18.9. The van der Waals surface area contributed by atoms with Gasteiger partial charge in [-0.1, -0.05) is 12.7 Å². The van der Waals surface area contributed by atoms with Gasteiger partial charge in [0, 0.05) is 69.7 Å². The Labute approximate surface area is 181 Å². The van der Waals surface area contributed by atoms with E-state index in [-0.39, 0.29) is 5.54 Å². The van der Waals surface area contributed by atoms with Crippen LogP contribution in [-0.4, -0.2) is 67.3 Å². The van der Waals surface area contributed by atoms with Crippen molar-refractivity contribution in [3.05, 3.63) is 55.4 Å². The number of fused-ring (bicyclic) bond motifs is 1. The summed E-state index contributed by atoms with van der Waals surface area (Å²) in [5, 5.41) is 6.18. The summed E-state index contributed by atoms with van der Waals surface area (Å²) in [5.41, 5.74) is 9.35. The van der Waals surface area contributed by atoms with Gasteiger partial charge in [0.15, 0.2) is 0 Å². The number of hydrazine groups is 1. The molecule has 2 fully saturated rings. The second kappa shape index (κ2) is 7.60. The van der Waals surface area contributed by atoms with Crippen molar-refractivity contribution in [2.24, 2.45) is 17.5 Å². The van der Waals surface area contributed by atoms with Crippen LogP contribution < -0.4 is 11.6 Å². The molecule has 0 bridgehead atoms. The Kier molecular flexibility index (Phi) is 4.88. The quantitative estimate of drug-likeness (QED) is 0.322. The van der Waals surface area contributed by atoms with E-state index in [0.717, 1.165) is 47.3 Å². The Hall–Kier alpha value is -3.01. The molecular weight excluding hydrogens is 390 g/mol. The molecule has 0 spiro atoms. The second-order valence-corrected chi connectivity index (χ2v) is 8.79. The first-order valence-corrected chi connectivity index (χ1v) is 10.7. The van der Waals surface area contributed by atoms with Crippen LogP contribution in [0.25, 0.3) is 22.6 Å². The highest BCUT2D eigenvalue weighted by molar-refractivity contribution is 5.74. The number of rotatable bonds is 8. The molecule has 1 aliphatic heterocycles. The van der Waals surface area contributed by atoms with E-state index >= 15 is 0 Å². The van der Waals surface area contributed by atoms with E-state index in [2.05, 4.69) is 22.7 Å². The van der Waals surface area contributed by atoms with Crippen molar-refractivity contribution in [1.29, 1.82) is 0 Å². The molecule has 2 aliphatic rings. The zero-order chi connectivity index (χ0) is 21.6. The molecule has 0 unspecified atom stereocenters. The maximum absolute atomic E-state index is 6.21. The summed E-state index contributed by atoms with van der Waals surface area (Å²) in [7, 11) is 1.76. The van der Waals surface area contributed by atoms with Gasteiger partial charge in [0.1, 0.15) is 17.0 Å². The number of likely N-dealkylation sites (tertiary alicyclic amines) is 1. The van der Waals surface area contributed by atoms with Gasteiger partial charge < -0.3 is 10.7 Å².